The van der Waals surface area contributed by atoms with Crippen LogP contribution in [0.1, 0.15) is 99.0 Å². The average Bonchev–Trinajstić information content (AvgIpc) is 2.94. The van der Waals surface area contributed by atoms with Gasteiger partial charge in [-0.05, 0) is 71.1 Å². The Morgan fingerprint density at radius 3 is 1.84 bits per heavy atom. The maximum atomic E-state index is 12.7. The van der Waals surface area contributed by atoms with Crippen LogP contribution in [0.25, 0.3) is 0 Å². The fourth-order valence-corrected chi connectivity index (χ4v) is 3.37. The Kier molecular flexibility index (Phi) is 17.1. The van der Waals surface area contributed by atoms with E-state index in [4.69, 9.17) is 38.9 Å². The Hall–Kier alpha value is -3.54. The third-order valence-electron chi connectivity index (χ3n) is 6.54. The minimum atomic E-state index is -1.11. The van der Waals surface area contributed by atoms with Crippen molar-refractivity contribution in [3.8, 4) is 11.5 Å². The second kappa shape index (κ2) is 19.6. The molecule has 0 aliphatic heterocycles. The number of hydrogen-bond acceptors (Lipinski definition) is 12. The van der Waals surface area contributed by atoms with Crippen LogP contribution in [0.3, 0.4) is 0 Å². The molecule has 0 fully saturated rings. The number of ether oxygens (including phenoxy) is 7. The summed E-state index contributed by atoms with van der Waals surface area (Å²) in [6, 6.07) is 3.28. The first-order valence-electron chi connectivity index (χ1n) is 15.0. The lowest BCUT2D eigenvalue weighted by Gasteiger charge is -2.26. The van der Waals surface area contributed by atoms with Crippen LogP contribution in [0.15, 0.2) is 18.2 Å². The molecule has 12 heteroatoms. The molecule has 0 saturated heterocycles. The number of hydrogen-bond donors (Lipinski definition) is 1. The number of esters is 1. The van der Waals surface area contributed by atoms with Gasteiger partial charge in [-0.2, -0.15) is 0 Å². The number of carbonyl (C=O) groups is 4. The molecular formula is C31H49NO11. The zero-order valence-electron chi connectivity index (χ0n) is 26.6. The number of carbonyl (C=O) groups excluding carboxylic acids is 4. The smallest absolute Gasteiger partial charge is 0.458 e. The topological polar surface area (TPSA) is 159 Å². The first kappa shape index (κ1) is 37.5. The van der Waals surface area contributed by atoms with Crippen LogP contribution in [0.2, 0.25) is 0 Å². The molecule has 1 unspecified atom stereocenters. The van der Waals surface area contributed by atoms with Crippen molar-refractivity contribution in [2.75, 3.05) is 13.2 Å². The summed E-state index contributed by atoms with van der Waals surface area (Å²) in [5, 5.41) is 0. The van der Waals surface area contributed by atoms with Gasteiger partial charge >= 0.3 is 24.4 Å². The van der Waals surface area contributed by atoms with Crippen LogP contribution in [-0.2, 0) is 34.9 Å². The predicted molar refractivity (Wildman–Crippen MR) is 158 cm³/mol. The molecule has 0 heterocycles. The van der Waals surface area contributed by atoms with Crippen molar-refractivity contribution in [3.63, 3.8) is 0 Å². The van der Waals surface area contributed by atoms with Crippen molar-refractivity contribution in [1.29, 1.82) is 0 Å². The van der Waals surface area contributed by atoms with Gasteiger partial charge in [0.25, 0.3) is 0 Å². The van der Waals surface area contributed by atoms with Gasteiger partial charge < -0.3 is 38.9 Å². The molecule has 0 radical (unpaired) electrons. The fourth-order valence-electron chi connectivity index (χ4n) is 3.37. The van der Waals surface area contributed by atoms with Crippen LogP contribution >= 0.6 is 0 Å². The summed E-state index contributed by atoms with van der Waals surface area (Å²) in [6.45, 7) is 12.9. The minimum Gasteiger partial charge on any atom is -0.458 e. The van der Waals surface area contributed by atoms with Crippen LogP contribution < -0.4 is 15.2 Å². The largest absolute Gasteiger partial charge is 0.513 e. The molecule has 2 N–H and O–H groups in total. The summed E-state index contributed by atoms with van der Waals surface area (Å²) >= 11 is 0. The van der Waals surface area contributed by atoms with E-state index in [1.165, 1.54) is 12.1 Å². The lowest BCUT2D eigenvalue weighted by atomic mass is 10.1. The Morgan fingerprint density at radius 1 is 0.767 bits per heavy atom. The van der Waals surface area contributed by atoms with Crippen molar-refractivity contribution in [2.24, 2.45) is 5.73 Å². The van der Waals surface area contributed by atoms with Crippen molar-refractivity contribution in [1.82, 2.24) is 0 Å². The normalized spacial score (nSPS) is 13.2. The summed E-state index contributed by atoms with van der Waals surface area (Å²) in [7, 11) is 0. The lowest BCUT2D eigenvalue weighted by Crippen LogP contribution is -2.40. The van der Waals surface area contributed by atoms with E-state index < -0.39 is 48.3 Å². The Balaban J connectivity index is 2.88. The molecule has 1 aromatic rings. The summed E-state index contributed by atoms with van der Waals surface area (Å²) < 4.78 is 36.7. The summed E-state index contributed by atoms with van der Waals surface area (Å²) in [6.07, 6.45) is 1.28. The second-order valence-electron chi connectivity index (χ2n) is 10.8. The molecule has 0 amide bonds. The molecule has 1 rings (SSSR count). The van der Waals surface area contributed by atoms with Gasteiger partial charge in [0.1, 0.15) is 23.9 Å². The van der Waals surface area contributed by atoms with Gasteiger partial charge in [0.2, 0.25) is 0 Å². The highest BCUT2D eigenvalue weighted by molar-refractivity contribution is 5.76. The third kappa shape index (κ3) is 15.5. The Bertz CT molecular complexity index is 1030. The molecule has 0 aliphatic rings. The van der Waals surface area contributed by atoms with Crippen LogP contribution in [-0.4, -0.2) is 61.5 Å². The molecule has 244 valence electrons. The maximum Gasteiger partial charge on any atom is 0.513 e. The fraction of sp³-hybridized carbons (Fsp3) is 0.677. The summed E-state index contributed by atoms with van der Waals surface area (Å²) in [5.41, 5.74) is 5.90. The molecular weight excluding hydrogens is 562 g/mol. The van der Waals surface area contributed by atoms with Crippen molar-refractivity contribution >= 4 is 24.4 Å². The molecule has 0 saturated carbocycles. The summed E-state index contributed by atoms with van der Waals surface area (Å²) in [5.74, 6) is -0.907. The van der Waals surface area contributed by atoms with Crippen molar-refractivity contribution in [3.05, 3.63) is 23.8 Å². The third-order valence-corrected chi connectivity index (χ3v) is 6.54. The number of unbranched alkanes of at least 4 members (excludes halogenated alkanes) is 4. The van der Waals surface area contributed by atoms with E-state index >= 15 is 0 Å². The number of nitrogens with two attached hydrogens (primary N) is 1. The number of benzene rings is 1. The molecule has 43 heavy (non-hydrogen) atoms. The molecule has 0 aliphatic carbocycles. The average molecular weight is 612 g/mol. The summed E-state index contributed by atoms with van der Waals surface area (Å²) in [4.78, 5) is 49.3. The van der Waals surface area contributed by atoms with Crippen molar-refractivity contribution < 1.29 is 52.3 Å². The van der Waals surface area contributed by atoms with E-state index in [1.807, 2.05) is 20.8 Å². The molecule has 0 spiro atoms. The van der Waals surface area contributed by atoms with Crippen molar-refractivity contribution in [2.45, 2.75) is 124 Å². The molecule has 1 aromatic carbocycles. The first-order chi connectivity index (χ1) is 20.3. The molecule has 12 nitrogen and oxygen atoms in total. The van der Waals surface area contributed by atoms with Gasteiger partial charge in [0, 0.05) is 0 Å². The zero-order chi connectivity index (χ0) is 32.4. The highest BCUT2D eigenvalue weighted by atomic mass is 16.8. The molecule has 3 atom stereocenters. The zero-order valence-corrected chi connectivity index (χ0v) is 26.6. The van der Waals surface area contributed by atoms with E-state index in [0.29, 0.717) is 24.8 Å². The highest BCUT2D eigenvalue weighted by Gasteiger charge is 2.28. The van der Waals surface area contributed by atoms with Gasteiger partial charge in [-0.3, -0.25) is 4.79 Å². The van der Waals surface area contributed by atoms with Gasteiger partial charge in [0.15, 0.2) is 11.5 Å². The second-order valence-corrected chi connectivity index (χ2v) is 10.8. The molecule has 0 bridgehead atoms. The van der Waals surface area contributed by atoms with E-state index in [1.54, 1.807) is 33.8 Å². The highest BCUT2D eigenvalue weighted by Crippen LogP contribution is 2.30. The lowest BCUT2D eigenvalue weighted by molar-refractivity contribution is -0.156. The predicted octanol–water partition coefficient (Wildman–Crippen LogP) is 6.63. The van der Waals surface area contributed by atoms with Gasteiger partial charge in [-0.1, -0.05) is 52.5 Å². The van der Waals surface area contributed by atoms with E-state index in [-0.39, 0.29) is 31.1 Å². The minimum absolute atomic E-state index is 0.00280. The quantitative estimate of drug-likeness (QED) is 0.0818. The van der Waals surface area contributed by atoms with Crippen LogP contribution in [0.4, 0.5) is 14.4 Å². The Morgan fingerprint density at radius 2 is 1.30 bits per heavy atom. The van der Waals surface area contributed by atoms with E-state index in [9.17, 15) is 19.2 Å². The van der Waals surface area contributed by atoms with Gasteiger partial charge in [-0.25, -0.2) is 14.4 Å². The first-order valence-corrected chi connectivity index (χ1v) is 15.0. The SMILES string of the molecule is CCCCCOC(=O)Oc1ccc(C[C@H](N)C(=O)O[C@@H](C)C(C)OC(=O)OC(C)(C)CC)cc1OC(=O)OCCCCC. The van der Waals surface area contributed by atoms with Gasteiger partial charge in [-0.15, -0.1) is 0 Å². The van der Waals surface area contributed by atoms with E-state index in [2.05, 4.69) is 0 Å². The monoisotopic (exact) mass is 611 g/mol. The standard InChI is InChI=1S/C31H49NO11/c1-8-11-13-17-37-28(34)41-25-16-15-23(20-26(25)42-29(35)38-18-14-12-9-2)19-24(32)27(33)39-21(4)22(5)40-30(36)43-31(6,7)10-3/h15-16,20-22,24H,8-14,17-19,32H2,1-7H3/t21-,22?,24-/m0/s1. The van der Waals surface area contributed by atoms with Crippen LogP contribution in [0, 0.1) is 0 Å². The number of rotatable bonds is 18. The van der Waals surface area contributed by atoms with Crippen LogP contribution in [0.5, 0.6) is 11.5 Å². The maximum absolute atomic E-state index is 12.7. The van der Waals surface area contributed by atoms with Gasteiger partial charge in [0.05, 0.1) is 13.2 Å². The van der Waals surface area contributed by atoms with E-state index in [0.717, 1.165) is 25.7 Å². The Labute approximate surface area is 254 Å². The molecule has 0 aromatic heterocycles.